The molecule has 3 heterocycles. The van der Waals surface area contributed by atoms with Crippen molar-refractivity contribution in [2.45, 2.75) is 12.6 Å². The second-order valence-corrected chi connectivity index (χ2v) is 5.43. The van der Waals surface area contributed by atoms with Crippen molar-refractivity contribution in [3.8, 4) is 5.82 Å². The fourth-order valence-corrected chi connectivity index (χ4v) is 2.34. The van der Waals surface area contributed by atoms with Crippen molar-refractivity contribution in [3.63, 3.8) is 0 Å². The third kappa shape index (κ3) is 2.55. The Morgan fingerprint density at radius 3 is 2.80 bits per heavy atom. The van der Waals surface area contributed by atoms with Crippen molar-refractivity contribution in [2.75, 3.05) is 13.1 Å². The van der Waals surface area contributed by atoms with Gasteiger partial charge in [0.15, 0.2) is 11.5 Å². The number of nitrogens with zero attached hydrogens (tertiary/aromatic N) is 5. The van der Waals surface area contributed by atoms with E-state index in [1.54, 1.807) is 29.2 Å². The van der Waals surface area contributed by atoms with E-state index >= 15 is 0 Å². The highest BCUT2D eigenvalue weighted by atomic mass is 79.9. The fraction of sp³-hybridized carbons (Fsp3) is 0.333. The highest BCUT2D eigenvalue weighted by molar-refractivity contribution is 9.10. The first-order valence-corrected chi connectivity index (χ1v) is 6.90. The van der Waals surface area contributed by atoms with Gasteiger partial charge in [-0.2, -0.15) is 5.10 Å². The maximum absolute atomic E-state index is 13.1. The first-order chi connectivity index (χ1) is 9.63. The summed E-state index contributed by atoms with van der Waals surface area (Å²) < 4.78 is 15.5. The number of amides is 1. The maximum atomic E-state index is 13.1. The summed E-state index contributed by atoms with van der Waals surface area (Å²) in [6.07, 6.45) is 2.82. The largest absolute Gasteiger partial charge is 0.334 e. The highest BCUT2D eigenvalue weighted by Crippen LogP contribution is 2.15. The molecule has 1 atom stereocenters. The van der Waals surface area contributed by atoms with Gasteiger partial charge in [0.25, 0.3) is 5.91 Å². The van der Waals surface area contributed by atoms with Gasteiger partial charge in [-0.1, -0.05) is 0 Å². The number of hydrogen-bond acceptors (Lipinski definition) is 4. The molecule has 0 spiro atoms. The molecule has 20 heavy (non-hydrogen) atoms. The van der Waals surface area contributed by atoms with Crippen molar-refractivity contribution in [1.29, 1.82) is 0 Å². The lowest BCUT2D eigenvalue weighted by Gasteiger charge is -2.13. The number of aromatic nitrogens is 4. The van der Waals surface area contributed by atoms with Crippen LogP contribution in [0.2, 0.25) is 0 Å². The first-order valence-electron chi connectivity index (χ1n) is 6.11. The van der Waals surface area contributed by atoms with Crippen LogP contribution >= 0.6 is 15.9 Å². The van der Waals surface area contributed by atoms with Crippen LogP contribution in [0, 0.1) is 0 Å². The van der Waals surface area contributed by atoms with Crippen molar-refractivity contribution in [2.24, 2.45) is 0 Å². The van der Waals surface area contributed by atoms with Gasteiger partial charge < -0.3 is 4.90 Å². The number of alkyl halides is 1. The summed E-state index contributed by atoms with van der Waals surface area (Å²) in [4.78, 5) is 13.5. The first kappa shape index (κ1) is 13.2. The van der Waals surface area contributed by atoms with Crippen molar-refractivity contribution in [1.82, 2.24) is 24.9 Å². The molecular weight excluding hydrogens is 329 g/mol. The molecule has 2 aromatic rings. The van der Waals surface area contributed by atoms with Gasteiger partial charge in [-0.3, -0.25) is 4.79 Å². The second kappa shape index (κ2) is 5.28. The Morgan fingerprint density at radius 1 is 1.40 bits per heavy atom. The molecule has 0 N–H and O–H groups in total. The van der Waals surface area contributed by atoms with Gasteiger partial charge in [0, 0.05) is 12.7 Å². The average Bonchev–Trinajstić information content (AvgIpc) is 3.07. The Labute approximate surface area is 122 Å². The van der Waals surface area contributed by atoms with E-state index in [1.165, 1.54) is 4.90 Å². The van der Waals surface area contributed by atoms with Crippen molar-refractivity contribution >= 4 is 21.8 Å². The summed E-state index contributed by atoms with van der Waals surface area (Å²) in [5.74, 6) is 0.225. The molecule has 1 amide bonds. The summed E-state index contributed by atoms with van der Waals surface area (Å²) in [5, 5.41) is 11.9. The molecular formula is C12H11BrFN5O. The van der Waals surface area contributed by atoms with E-state index in [0.29, 0.717) is 18.8 Å². The Bertz CT molecular complexity index is 629. The quantitative estimate of drug-likeness (QED) is 0.833. The van der Waals surface area contributed by atoms with Gasteiger partial charge in [-0.15, -0.1) is 10.2 Å². The minimum atomic E-state index is -0.937. The van der Waals surface area contributed by atoms with Crippen LogP contribution in [0.3, 0.4) is 0 Å². The number of hydrogen-bond donors (Lipinski definition) is 0. The Kier molecular flexibility index (Phi) is 3.47. The third-order valence-electron chi connectivity index (χ3n) is 3.07. The zero-order valence-corrected chi connectivity index (χ0v) is 12.0. The molecule has 104 valence electrons. The summed E-state index contributed by atoms with van der Waals surface area (Å²) in [6, 6.07) is 3.23. The zero-order chi connectivity index (χ0) is 14.1. The predicted octanol–water partition coefficient (Wildman–Crippen LogP) is 1.61. The van der Waals surface area contributed by atoms with Crippen LogP contribution in [-0.4, -0.2) is 50.0 Å². The lowest BCUT2D eigenvalue weighted by Crippen LogP contribution is -2.29. The standard InChI is InChI=1S/C12H11BrFN5O/c13-8-5-15-19(6-8)11-2-1-10(16-17-11)12(20)18-4-3-9(14)7-18/h1-2,5-6,9H,3-4,7H2/t9-/m0/s1. The molecule has 1 saturated heterocycles. The van der Waals surface area contributed by atoms with Gasteiger partial charge in [0.1, 0.15) is 6.17 Å². The Balaban J connectivity index is 1.77. The van der Waals surface area contributed by atoms with E-state index in [-0.39, 0.29) is 18.1 Å². The van der Waals surface area contributed by atoms with Gasteiger partial charge in [0.2, 0.25) is 0 Å². The van der Waals surface area contributed by atoms with E-state index < -0.39 is 6.17 Å². The summed E-state index contributed by atoms with van der Waals surface area (Å²) in [6.45, 7) is 0.559. The molecule has 1 aliphatic heterocycles. The molecule has 0 aromatic carbocycles. The number of halogens is 2. The normalized spacial score (nSPS) is 18.5. The molecule has 0 unspecified atom stereocenters. The lowest BCUT2D eigenvalue weighted by molar-refractivity contribution is 0.0776. The molecule has 2 aromatic heterocycles. The number of carbonyl (C=O) groups is 1. The van der Waals surface area contributed by atoms with Crippen LogP contribution in [0.1, 0.15) is 16.9 Å². The second-order valence-electron chi connectivity index (χ2n) is 4.52. The topological polar surface area (TPSA) is 63.9 Å². The molecule has 1 fully saturated rings. The summed E-state index contributed by atoms with van der Waals surface area (Å²) >= 11 is 3.29. The lowest BCUT2D eigenvalue weighted by atomic mass is 10.3. The number of rotatable bonds is 2. The molecule has 6 nitrogen and oxygen atoms in total. The van der Waals surface area contributed by atoms with Crippen LogP contribution in [0.5, 0.6) is 0 Å². The van der Waals surface area contributed by atoms with E-state index in [0.717, 1.165) is 4.47 Å². The van der Waals surface area contributed by atoms with Gasteiger partial charge in [0.05, 0.1) is 17.2 Å². The van der Waals surface area contributed by atoms with E-state index in [4.69, 9.17) is 0 Å². The molecule has 0 bridgehead atoms. The zero-order valence-electron chi connectivity index (χ0n) is 10.4. The minimum Gasteiger partial charge on any atom is -0.334 e. The monoisotopic (exact) mass is 339 g/mol. The van der Waals surface area contributed by atoms with Crippen molar-refractivity contribution in [3.05, 3.63) is 34.7 Å². The molecule has 0 radical (unpaired) electrons. The van der Waals surface area contributed by atoms with Crippen LogP contribution in [-0.2, 0) is 0 Å². The molecule has 0 saturated carbocycles. The van der Waals surface area contributed by atoms with Gasteiger partial charge >= 0.3 is 0 Å². The number of likely N-dealkylation sites (tertiary alicyclic amines) is 1. The summed E-state index contributed by atoms with van der Waals surface area (Å²) in [7, 11) is 0. The fourth-order valence-electron chi connectivity index (χ4n) is 2.05. The third-order valence-corrected chi connectivity index (χ3v) is 3.48. The van der Waals surface area contributed by atoms with Crippen LogP contribution in [0.15, 0.2) is 29.0 Å². The maximum Gasteiger partial charge on any atom is 0.274 e. The van der Waals surface area contributed by atoms with Crippen LogP contribution < -0.4 is 0 Å². The van der Waals surface area contributed by atoms with Gasteiger partial charge in [-0.25, -0.2) is 9.07 Å². The minimum absolute atomic E-state index is 0.133. The Morgan fingerprint density at radius 2 is 2.25 bits per heavy atom. The number of carbonyl (C=O) groups excluding carboxylic acids is 1. The smallest absolute Gasteiger partial charge is 0.274 e. The van der Waals surface area contributed by atoms with E-state index in [9.17, 15) is 9.18 Å². The van der Waals surface area contributed by atoms with E-state index in [2.05, 4.69) is 31.2 Å². The van der Waals surface area contributed by atoms with Gasteiger partial charge in [-0.05, 0) is 34.5 Å². The van der Waals surface area contributed by atoms with E-state index in [1.807, 2.05) is 0 Å². The average molecular weight is 340 g/mol. The Hall–Kier alpha value is -1.83. The summed E-state index contributed by atoms with van der Waals surface area (Å²) in [5.41, 5.74) is 0.217. The highest BCUT2D eigenvalue weighted by Gasteiger charge is 2.27. The van der Waals surface area contributed by atoms with Crippen LogP contribution in [0.25, 0.3) is 5.82 Å². The molecule has 1 aliphatic rings. The molecule has 0 aliphatic carbocycles. The molecule has 8 heteroatoms. The molecule has 3 rings (SSSR count). The SMILES string of the molecule is O=C(c1ccc(-n2cc(Br)cn2)nn1)N1CC[C@H](F)C1. The van der Waals surface area contributed by atoms with Crippen LogP contribution in [0.4, 0.5) is 4.39 Å². The predicted molar refractivity (Wildman–Crippen MR) is 72.3 cm³/mol. The van der Waals surface area contributed by atoms with Crippen molar-refractivity contribution < 1.29 is 9.18 Å².